The van der Waals surface area contributed by atoms with Crippen molar-refractivity contribution in [2.75, 3.05) is 21.2 Å². The van der Waals surface area contributed by atoms with Gasteiger partial charge in [0.15, 0.2) is 0 Å². The molecule has 0 heterocycles. The van der Waals surface area contributed by atoms with Gasteiger partial charge in [0, 0.05) is 26.9 Å². The van der Waals surface area contributed by atoms with Crippen molar-refractivity contribution >= 4 is 18.2 Å². The minimum absolute atomic E-state index is 0.121. The summed E-state index contributed by atoms with van der Waals surface area (Å²) >= 11 is 0. The molecule has 1 unspecified atom stereocenters. The van der Waals surface area contributed by atoms with Crippen LogP contribution in [-0.2, 0) is 14.3 Å². The molecule has 1 rings (SSSR count). The minimum atomic E-state index is -2.70. The highest BCUT2D eigenvalue weighted by molar-refractivity contribution is 6.00. The molecule has 0 bridgehead atoms. The van der Waals surface area contributed by atoms with Gasteiger partial charge in [0.1, 0.15) is 5.92 Å². The number of aliphatic imine (C=N–C) groups is 1. The third-order valence-corrected chi connectivity index (χ3v) is 3.37. The fourth-order valence-corrected chi connectivity index (χ4v) is 2.27. The molecule has 1 atom stereocenters. The third-order valence-electron chi connectivity index (χ3n) is 3.37. The van der Waals surface area contributed by atoms with Crippen LogP contribution < -0.4 is 0 Å². The molecule has 0 aromatic carbocycles. The summed E-state index contributed by atoms with van der Waals surface area (Å²) in [4.78, 5) is 29.0. The van der Waals surface area contributed by atoms with Crippen LogP contribution in [0.25, 0.3) is 0 Å². The zero-order valence-electron chi connectivity index (χ0n) is 11.9. The molecule has 1 amide bonds. The van der Waals surface area contributed by atoms with Gasteiger partial charge in [-0.2, -0.15) is 0 Å². The summed E-state index contributed by atoms with van der Waals surface area (Å²) in [6.45, 7) is 0. The van der Waals surface area contributed by atoms with Gasteiger partial charge in [-0.15, -0.1) is 0 Å². The molecule has 1 fully saturated rings. The number of amides is 1. The van der Waals surface area contributed by atoms with Gasteiger partial charge in [0.2, 0.25) is 5.92 Å². The Morgan fingerprint density at radius 3 is 2.35 bits per heavy atom. The van der Waals surface area contributed by atoms with E-state index in [1.54, 1.807) is 19.0 Å². The predicted molar refractivity (Wildman–Crippen MR) is 69.6 cm³/mol. The van der Waals surface area contributed by atoms with Crippen LogP contribution in [0.4, 0.5) is 8.78 Å². The highest BCUT2D eigenvalue weighted by Gasteiger charge is 2.42. The summed E-state index contributed by atoms with van der Waals surface area (Å²) in [7, 11) is 4.55. The molecular formula is C13H20F2N2O3. The van der Waals surface area contributed by atoms with Gasteiger partial charge in [-0.25, -0.2) is 13.8 Å². The molecular weight excluding hydrogens is 270 g/mol. The summed E-state index contributed by atoms with van der Waals surface area (Å²) in [5.74, 6) is -5.57. The van der Waals surface area contributed by atoms with Gasteiger partial charge in [0.05, 0.1) is 13.4 Å². The quantitative estimate of drug-likeness (QED) is 0.342. The van der Waals surface area contributed by atoms with Crippen LogP contribution >= 0.6 is 0 Å². The number of nitrogens with zero attached hydrogens (tertiary/aromatic N) is 2. The Balaban J connectivity index is 2.80. The van der Waals surface area contributed by atoms with Crippen LogP contribution in [0.5, 0.6) is 0 Å². The van der Waals surface area contributed by atoms with E-state index in [-0.39, 0.29) is 25.7 Å². The third kappa shape index (κ3) is 4.54. The van der Waals surface area contributed by atoms with E-state index < -0.39 is 29.6 Å². The molecule has 1 aliphatic carbocycles. The molecule has 0 radical (unpaired) electrons. The molecule has 1 aliphatic rings. The first-order valence-electron chi connectivity index (χ1n) is 6.47. The number of alkyl halides is 2. The SMILES string of the molecule is COC(=O)C(C(=O)N=CN(C)C)C1CCC(F)(F)CC1. The van der Waals surface area contributed by atoms with Crippen molar-refractivity contribution in [3.63, 3.8) is 0 Å². The van der Waals surface area contributed by atoms with Crippen LogP contribution in [-0.4, -0.2) is 50.2 Å². The summed E-state index contributed by atoms with van der Waals surface area (Å²) in [5.41, 5.74) is 0. The fourth-order valence-electron chi connectivity index (χ4n) is 2.27. The molecule has 20 heavy (non-hydrogen) atoms. The number of ether oxygens (including phenoxy) is 1. The lowest BCUT2D eigenvalue weighted by atomic mass is 9.78. The Morgan fingerprint density at radius 2 is 1.90 bits per heavy atom. The van der Waals surface area contributed by atoms with Gasteiger partial charge >= 0.3 is 5.97 Å². The predicted octanol–water partition coefficient (Wildman–Crippen LogP) is 1.72. The zero-order valence-corrected chi connectivity index (χ0v) is 11.9. The van der Waals surface area contributed by atoms with Crippen molar-refractivity contribution in [3.05, 3.63) is 0 Å². The smallest absolute Gasteiger partial charge is 0.318 e. The molecule has 0 aromatic rings. The van der Waals surface area contributed by atoms with Crippen molar-refractivity contribution < 1.29 is 23.1 Å². The topological polar surface area (TPSA) is 59.0 Å². The molecule has 0 aromatic heterocycles. The molecule has 114 valence electrons. The van der Waals surface area contributed by atoms with Crippen molar-refractivity contribution in [3.8, 4) is 0 Å². The molecule has 0 aliphatic heterocycles. The van der Waals surface area contributed by atoms with Crippen LogP contribution in [0.3, 0.4) is 0 Å². The molecule has 0 N–H and O–H groups in total. The molecule has 0 saturated heterocycles. The summed E-state index contributed by atoms with van der Waals surface area (Å²) in [5, 5.41) is 0. The highest BCUT2D eigenvalue weighted by atomic mass is 19.3. The van der Waals surface area contributed by atoms with E-state index in [0.29, 0.717) is 0 Å². The van der Waals surface area contributed by atoms with Crippen molar-refractivity contribution in [2.45, 2.75) is 31.6 Å². The fraction of sp³-hybridized carbons (Fsp3) is 0.769. The first kappa shape index (κ1) is 16.5. The van der Waals surface area contributed by atoms with Crippen LogP contribution in [0.15, 0.2) is 4.99 Å². The van der Waals surface area contributed by atoms with Gasteiger partial charge in [-0.1, -0.05) is 0 Å². The highest BCUT2D eigenvalue weighted by Crippen LogP contribution is 2.39. The maximum Gasteiger partial charge on any atom is 0.318 e. The summed E-state index contributed by atoms with van der Waals surface area (Å²) in [6.07, 6.45) is 0.910. The first-order valence-corrected chi connectivity index (χ1v) is 6.47. The molecule has 5 nitrogen and oxygen atoms in total. The minimum Gasteiger partial charge on any atom is -0.468 e. The van der Waals surface area contributed by atoms with Gasteiger partial charge < -0.3 is 9.64 Å². The van der Waals surface area contributed by atoms with E-state index in [4.69, 9.17) is 0 Å². The molecule has 1 saturated carbocycles. The Bertz CT molecular complexity index is 387. The largest absolute Gasteiger partial charge is 0.468 e. The number of hydrogen-bond acceptors (Lipinski definition) is 3. The number of halogens is 2. The van der Waals surface area contributed by atoms with E-state index in [2.05, 4.69) is 9.73 Å². The van der Waals surface area contributed by atoms with Crippen molar-refractivity contribution in [1.82, 2.24) is 4.90 Å². The van der Waals surface area contributed by atoms with Crippen LogP contribution in [0, 0.1) is 11.8 Å². The summed E-state index contributed by atoms with van der Waals surface area (Å²) in [6, 6.07) is 0. The number of esters is 1. The maximum atomic E-state index is 13.1. The lowest BCUT2D eigenvalue weighted by Gasteiger charge is -2.30. The average molecular weight is 290 g/mol. The zero-order chi connectivity index (χ0) is 15.3. The number of hydrogen-bond donors (Lipinski definition) is 0. The number of rotatable bonds is 4. The lowest BCUT2D eigenvalue weighted by molar-refractivity contribution is -0.153. The van der Waals surface area contributed by atoms with Crippen molar-refractivity contribution in [1.29, 1.82) is 0 Å². The summed E-state index contributed by atoms with van der Waals surface area (Å²) < 4.78 is 30.9. The second kappa shape index (κ2) is 6.76. The normalized spacial score (nSPS) is 20.6. The van der Waals surface area contributed by atoms with E-state index in [1.165, 1.54) is 13.4 Å². The monoisotopic (exact) mass is 290 g/mol. The van der Waals surface area contributed by atoms with Gasteiger partial charge in [-0.05, 0) is 18.8 Å². The van der Waals surface area contributed by atoms with E-state index in [1.807, 2.05) is 0 Å². The number of carbonyl (C=O) groups is 2. The Labute approximate surface area is 117 Å². The van der Waals surface area contributed by atoms with Gasteiger partial charge in [-0.3, -0.25) is 9.59 Å². The second-order valence-corrected chi connectivity index (χ2v) is 5.24. The maximum absolute atomic E-state index is 13.1. The van der Waals surface area contributed by atoms with Crippen LogP contribution in [0.1, 0.15) is 25.7 Å². The Morgan fingerprint density at radius 1 is 1.35 bits per heavy atom. The van der Waals surface area contributed by atoms with Crippen molar-refractivity contribution in [2.24, 2.45) is 16.8 Å². The number of carbonyl (C=O) groups excluding carboxylic acids is 2. The lowest BCUT2D eigenvalue weighted by Crippen LogP contribution is -2.36. The Kier molecular flexibility index (Phi) is 5.59. The number of methoxy groups -OCH3 is 1. The standard InChI is InChI=1S/C13H20F2N2O3/c1-17(2)8-16-11(18)10(12(19)20-3)9-4-6-13(14,15)7-5-9/h8-10H,4-7H2,1-3H3. The average Bonchev–Trinajstić information content (AvgIpc) is 2.38. The van der Waals surface area contributed by atoms with Crippen LogP contribution in [0.2, 0.25) is 0 Å². The van der Waals surface area contributed by atoms with E-state index in [0.717, 1.165) is 0 Å². The first-order chi connectivity index (χ1) is 9.26. The second-order valence-electron chi connectivity index (χ2n) is 5.24. The van der Waals surface area contributed by atoms with Gasteiger partial charge in [0.25, 0.3) is 5.91 Å². The van der Waals surface area contributed by atoms with E-state index >= 15 is 0 Å². The van der Waals surface area contributed by atoms with E-state index in [9.17, 15) is 18.4 Å². The Hall–Kier alpha value is -1.53. The molecule has 0 spiro atoms. The molecule has 7 heteroatoms.